The number of hydrazine groups is 1. The minimum atomic E-state index is -0.591. The van der Waals surface area contributed by atoms with E-state index in [2.05, 4.69) is 19.3 Å². The van der Waals surface area contributed by atoms with Crippen LogP contribution >= 0.6 is 0 Å². The number of carbonyl (C=O) groups excluding carboxylic acids is 4. The van der Waals surface area contributed by atoms with Gasteiger partial charge in [-0.1, -0.05) is 13.8 Å². The number of carbonyl (C=O) groups is 4. The third kappa shape index (κ3) is 6.69. The van der Waals surface area contributed by atoms with Gasteiger partial charge in [0, 0.05) is 19.8 Å². The molecule has 5 aliphatic rings. The maximum atomic E-state index is 12.8. The van der Waals surface area contributed by atoms with Crippen molar-refractivity contribution in [3.63, 3.8) is 0 Å². The second-order valence-corrected chi connectivity index (χ2v) is 14.2. The summed E-state index contributed by atoms with van der Waals surface area (Å²) in [4.78, 5) is 48.8. The Bertz CT molecular complexity index is 1050. The largest absolute Gasteiger partial charge is 0.465 e. The van der Waals surface area contributed by atoms with Crippen molar-refractivity contribution in [2.45, 2.75) is 117 Å². The zero-order valence-electron chi connectivity index (χ0n) is 26.7. The van der Waals surface area contributed by atoms with Crippen LogP contribution in [0.1, 0.15) is 98.8 Å². The molecule has 1 amide bonds. The molecule has 242 valence electrons. The van der Waals surface area contributed by atoms with Crippen LogP contribution in [0.3, 0.4) is 0 Å². The number of amides is 1. The Morgan fingerprint density at radius 2 is 1.77 bits per heavy atom. The Morgan fingerprint density at radius 1 is 1.02 bits per heavy atom. The van der Waals surface area contributed by atoms with Crippen LogP contribution in [-0.4, -0.2) is 67.0 Å². The molecule has 0 aromatic rings. The monoisotopic (exact) mass is 604 g/mol. The molecule has 1 N–H and O–H groups in total. The van der Waals surface area contributed by atoms with Crippen LogP contribution in [0.4, 0.5) is 4.79 Å². The van der Waals surface area contributed by atoms with Crippen LogP contribution in [0.2, 0.25) is 0 Å². The molecule has 0 aromatic carbocycles. The zero-order chi connectivity index (χ0) is 30.9. The van der Waals surface area contributed by atoms with E-state index in [0.29, 0.717) is 67.6 Å². The SMILES string of the molecule is CCOC(=O)C(CC[C@@H](C)[C@H]1CCC2C3C(CCC21)[C@@]1(C)CC[C@@H](OC(C)=O)C[C@H]1C[C@H]3OC(C)=O)NN1CCOC1=O. The average Bonchev–Trinajstić information content (AvgIpc) is 3.57. The Hall–Kier alpha value is -2.36. The fourth-order valence-electron chi connectivity index (χ4n) is 10.1. The molecule has 1 heterocycles. The van der Waals surface area contributed by atoms with Gasteiger partial charge in [-0.05, 0) is 112 Å². The summed E-state index contributed by atoms with van der Waals surface area (Å²) in [6, 6.07) is -0.591. The third-order valence-corrected chi connectivity index (χ3v) is 11.9. The Morgan fingerprint density at radius 3 is 2.44 bits per heavy atom. The fourth-order valence-corrected chi connectivity index (χ4v) is 10.1. The summed E-state index contributed by atoms with van der Waals surface area (Å²) in [5.74, 6) is 2.55. The summed E-state index contributed by atoms with van der Waals surface area (Å²) in [7, 11) is 0. The highest BCUT2D eigenvalue weighted by molar-refractivity contribution is 5.76. The Labute approximate surface area is 256 Å². The van der Waals surface area contributed by atoms with Crippen LogP contribution in [-0.2, 0) is 33.3 Å². The lowest BCUT2D eigenvalue weighted by molar-refractivity contribution is -0.188. The quantitative estimate of drug-likeness (QED) is 0.270. The van der Waals surface area contributed by atoms with Crippen molar-refractivity contribution >= 4 is 24.0 Å². The van der Waals surface area contributed by atoms with Gasteiger partial charge in [0.1, 0.15) is 24.9 Å². The molecule has 4 aliphatic carbocycles. The van der Waals surface area contributed by atoms with Crippen LogP contribution in [0.5, 0.6) is 0 Å². The van der Waals surface area contributed by atoms with Gasteiger partial charge in [-0.3, -0.25) is 14.4 Å². The van der Waals surface area contributed by atoms with Gasteiger partial charge in [-0.2, -0.15) is 0 Å². The van der Waals surface area contributed by atoms with E-state index in [1.807, 2.05) is 0 Å². The predicted octanol–water partition coefficient (Wildman–Crippen LogP) is 5.03. The number of hydrogen-bond donors (Lipinski definition) is 1. The second kappa shape index (κ2) is 13.3. The van der Waals surface area contributed by atoms with Crippen molar-refractivity contribution in [3.8, 4) is 0 Å². The van der Waals surface area contributed by atoms with Crippen molar-refractivity contribution in [1.82, 2.24) is 10.4 Å². The van der Waals surface area contributed by atoms with Crippen molar-refractivity contribution in [2.24, 2.45) is 46.8 Å². The lowest BCUT2D eigenvalue weighted by Crippen LogP contribution is -2.57. The molecule has 1 aliphatic heterocycles. The summed E-state index contributed by atoms with van der Waals surface area (Å²) in [6.45, 7) is 10.6. The molecule has 1 saturated heterocycles. The molecular weight excluding hydrogens is 552 g/mol. The van der Waals surface area contributed by atoms with E-state index in [-0.39, 0.29) is 35.5 Å². The maximum Gasteiger partial charge on any atom is 0.424 e. The normalized spacial score (nSPS) is 38.2. The van der Waals surface area contributed by atoms with Gasteiger partial charge in [0.2, 0.25) is 0 Å². The summed E-state index contributed by atoms with van der Waals surface area (Å²) >= 11 is 0. The lowest BCUT2D eigenvalue weighted by atomic mass is 9.46. The maximum absolute atomic E-state index is 12.8. The highest BCUT2D eigenvalue weighted by atomic mass is 16.6. The molecule has 10 heteroatoms. The molecule has 5 fully saturated rings. The van der Waals surface area contributed by atoms with Gasteiger partial charge in [-0.25, -0.2) is 15.2 Å². The standard InChI is InChI=1S/C33H52N2O8/c1-6-40-31(38)28(34-35-15-16-41-32(35)39)12-7-19(2)24-8-9-26-25(24)10-11-27-30(26)29(43-21(4)37)18-22-17-23(42-20(3)36)13-14-33(22,27)5/h19,22-30,34H,6-18H2,1-5H3/t19-,22+,23-,24-,25?,26?,27?,28?,29-,30?,33+/m1/s1. The molecule has 0 bridgehead atoms. The van der Waals surface area contributed by atoms with E-state index in [1.54, 1.807) is 6.92 Å². The minimum Gasteiger partial charge on any atom is -0.465 e. The fraction of sp³-hybridized carbons (Fsp3) is 0.879. The van der Waals surface area contributed by atoms with Gasteiger partial charge in [0.25, 0.3) is 0 Å². The average molecular weight is 605 g/mol. The molecule has 10 nitrogen and oxygen atoms in total. The summed E-state index contributed by atoms with van der Waals surface area (Å²) in [6.07, 6.45) is 9.15. The van der Waals surface area contributed by atoms with Gasteiger partial charge >= 0.3 is 24.0 Å². The van der Waals surface area contributed by atoms with E-state index in [0.717, 1.165) is 51.4 Å². The van der Waals surface area contributed by atoms with E-state index in [1.165, 1.54) is 25.3 Å². The van der Waals surface area contributed by atoms with E-state index >= 15 is 0 Å². The highest BCUT2D eigenvalue weighted by Gasteiger charge is 2.60. The first-order chi connectivity index (χ1) is 20.5. The Balaban J connectivity index is 1.27. The summed E-state index contributed by atoms with van der Waals surface area (Å²) < 4.78 is 22.1. The predicted molar refractivity (Wildman–Crippen MR) is 157 cm³/mol. The van der Waals surface area contributed by atoms with Crippen molar-refractivity contribution in [3.05, 3.63) is 0 Å². The van der Waals surface area contributed by atoms with Crippen molar-refractivity contribution < 1.29 is 38.1 Å². The van der Waals surface area contributed by atoms with E-state index < -0.39 is 12.1 Å². The third-order valence-electron chi connectivity index (χ3n) is 11.9. The number of cyclic esters (lactones) is 1. The first-order valence-corrected chi connectivity index (χ1v) is 16.7. The molecule has 11 atom stereocenters. The molecule has 0 aromatic heterocycles. The number of hydrogen-bond acceptors (Lipinski definition) is 9. The van der Waals surface area contributed by atoms with Gasteiger partial charge in [0.05, 0.1) is 13.2 Å². The molecule has 0 radical (unpaired) electrons. The van der Waals surface area contributed by atoms with Crippen molar-refractivity contribution in [2.75, 3.05) is 19.8 Å². The first-order valence-electron chi connectivity index (χ1n) is 16.7. The van der Waals surface area contributed by atoms with Crippen LogP contribution < -0.4 is 5.43 Å². The summed E-state index contributed by atoms with van der Waals surface area (Å²) in [5.41, 5.74) is 3.23. The Kier molecular flexibility index (Phi) is 9.93. The molecule has 5 unspecified atom stereocenters. The number of nitrogens with zero attached hydrogens (tertiary/aromatic N) is 1. The lowest BCUT2D eigenvalue weighted by Gasteiger charge is -2.60. The number of nitrogens with one attached hydrogen (secondary N) is 1. The smallest absolute Gasteiger partial charge is 0.424 e. The minimum absolute atomic E-state index is 0.0396. The summed E-state index contributed by atoms with van der Waals surface area (Å²) in [5, 5.41) is 1.38. The van der Waals surface area contributed by atoms with E-state index in [4.69, 9.17) is 18.9 Å². The van der Waals surface area contributed by atoms with E-state index in [9.17, 15) is 19.2 Å². The second-order valence-electron chi connectivity index (χ2n) is 14.2. The van der Waals surface area contributed by atoms with Crippen LogP contribution in [0.25, 0.3) is 0 Å². The highest BCUT2D eigenvalue weighted by Crippen LogP contribution is 2.65. The van der Waals surface area contributed by atoms with Gasteiger partial charge in [-0.15, -0.1) is 0 Å². The first kappa shape index (κ1) is 32.0. The van der Waals surface area contributed by atoms with Crippen molar-refractivity contribution in [1.29, 1.82) is 0 Å². The number of rotatable bonds is 10. The van der Waals surface area contributed by atoms with Crippen LogP contribution in [0, 0.1) is 46.8 Å². The van der Waals surface area contributed by atoms with Crippen LogP contribution in [0.15, 0.2) is 0 Å². The molecule has 4 saturated carbocycles. The topological polar surface area (TPSA) is 120 Å². The van der Waals surface area contributed by atoms with Gasteiger partial charge < -0.3 is 18.9 Å². The molecule has 0 spiro atoms. The number of esters is 3. The molecular formula is C33H52N2O8. The zero-order valence-corrected chi connectivity index (χ0v) is 26.7. The molecule has 5 rings (SSSR count). The van der Waals surface area contributed by atoms with Gasteiger partial charge in [0.15, 0.2) is 0 Å². The molecule has 43 heavy (non-hydrogen) atoms. The number of fused-ring (bicyclic) bond motifs is 5. The number of ether oxygens (including phenoxy) is 4.